The molecule has 5 heteroatoms. The van der Waals surface area contributed by atoms with Gasteiger partial charge in [0.15, 0.2) is 11.5 Å². The summed E-state index contributed by atoms with van der Waals surface area (Å²) in [6.45, 7) is 5.35. The fourth-order valence-electron chi connectivity index (χ4n) is 2.25. The predicted molar refractivity (Wildman–Crippen MR) is 98.5 cm³/mol. The van der Waals surface area contributed by atoms with Crippen molar-refractivity contribution in [3.05, 3.63) is 57.0 Å². The van der Waals surface area contributed by atoms with Gasteiger partial charge in [-0.3, -0.25) is 0 Å². The summed E-state index contributed by atoms with van der Waals surface area (Å²) in [4.78, 5) is 0. The normalized spacial score (nSPS) is 10.9. The second kappa shape index (κ2) is 8.57. The van der Waals surface area contributed by atoms with Gasteiger partial charge in [0.2, 0.25) is 0 Å². The van der Waals surface area contributed by atoms with E-state index >= 15 is 0 Å². The van der Waals surface area contributed by atoms with Crippen molar-refractivity contribution >= 4 is 27.5 Å². The fourth-order valence-corrected chi connectivity index (χ4v) is 2.94. The van der Waals surface area contributed by atoms with Gasteiger partial charge in [-0.25, -0.2) is 0 Å². The smallest absolute Gasteiger partial charge is 0.166 e. The molecule has 3 nitrogen and oxygen atoms in total. The minimum absolute atomic E-state index is 0.0763. The highest BCUT2D eigenvalue weighted by atomic mass is 79.9. The van der Waals surface area contributed by atoms with Crippen molar-refractivity contribution in [2.45, 2.75) is 33.0 Å². The zero-order valence-corrected chi connectivity index (χ0v) is 15.9. The Morgan fingerprint density at radius 3 is 2.48 bits per heavy atom. The van der Waals surface area contributed by atoms with E-state index in [4.69, 9.17) is 21.1 Å². The summed E-state index contributed by atoms with van der Waals surface area (Å²) in [5.74, 6) is 1.50. The molecule has 0 spiro atoms. The molecule has 2 aromatic carbocycles. The van der Waals surface area contributed by atoms with E-state index in [1.54, 1.807) is 7.11 Å². The monoisotopic (exact) mass is 397 g/mol. The van der Waals surface area contributed by atoms with Crippen LogP contribution in [0.25, 0.3) is 0 Å². The fraction of sp³-hybridized carbons (Fsp3) is 0.333. The largest absolute Gasteiger partial charge is 0.493 e. The maximum Gasteiger partial charge on any atom is 0.166 e. The van der Waals surface area contributed by atoms with Crippen molar-refractivity contribution in [3.8, 4) is 11.5 Å². The van der Waals surface area contributed by atoms with E-state index in [2.05, 4.69) is 21.2 Å². The highest BCUT2D eigenvalue weighted by molar-refractivity contribution is 9.10. The van der Waals surface area contributed by atoms with Crippen LogP contribution < -0.4 is 14.8 Å². The van der Waals surface area contributed by atoms with Gasteiger partial charge in [0, 0.05) is 28.1 Å². The highest BCUT2D eigenvalue weighted by Gasteiger charge is 2.14. The SMILES string of the molecule is COc1cc(Br)cc(CNCc2ccccc2Cl)c1OC(C)C. The van der Waals surface area contributed by atoms with Gasteiger partial charge in [-0.2, -0.15) is 0 Å². The van der Waals surface area contributed by atoms with E-state index in [9.17, 15) is 0 Å². The first kappa shape index (κ1) is 18.1. The van der Waals surface area contributed by atoms with Gasteiger partial charge in [-0.05, 0) is 37.6 Å². The maximum atomic E-state index is 6.19. The van der Waals surface area contributed by atoms with E-state index in [1.165, 1.54) is 0 Å². The van der Waals surface area contributed by atoms with Crippen molar-refractivity contribution in [2.24, 2.45) is 0 Å². The van der Waals surface area contributed by atoms with Gasteiger partial charge in [0.05, 0.1) is 13.2 Å². The average molecular weight is 399 g/mol. The summed E-state index contributed by atoms with van der Waals surface area (Å²) in [5, 5.41) is 4.18. The molecule has 0 aliphatic rings. The minimum atomic E-state index is 0.0763. The van der Waals surface area contributed by atoms with Gasteiger partial charge in [0.1, 0.15) is 0 Å². The minimum Gasteiger partial charge on any atom is -0.493 e. The Balaban J connectivity index is 2.15. The molecule has 0 radical (unpaired) electrons. The van der Waals surface area contributed by atoms with Crippen LogP contribution in [0.15, 0.2) is 40.9 Å². The average Bonchev–Trinajstić information content (AvgIpc) is 2.51. The molecule has 0 unspecified atom stereocenters. The van der Waals surface area contributed by atoms with Crippen LogP contribution >= 0.6 is 27.5 Å². The van der Waals surface area contributed by atoms with Gasteiger partial charge >= 0.3 is 0 Å². The van der Waals surface area contributed by atoms with Crippen molar-refractivity contribution < 1.29 is 9.47 Å². The summed E-state index contributed by atoms with van der Waals surface area (Å²) < 4.78 is 12.3. The van der Waals surface area contributed by atoms with Crippen LogP contribution in [0.4, 0.5) is 0 Å². The molecule has 2 rings (SSSR count). The van der Waals surface area contributed by atoms with Crippen molar-refractivity contribution in [2.75, 3.05) is 7.11 Å². The van der Waals surface area contributed by atoms with E-state index < -0.39 is 0 Å². The molecule has 1 N–H and O–H groups in total. The number of nitrogens with one attached hydrogen (secondary N) is 1. The topological polar surface area (TPSA) is 30.5 Å². The number of methoxy groups -OCH3 is 1. The number of hydrogen-bond acceptors (Lipinski definition) is 3. The van der Waals surface area contributed by atoms with Crippen LogP contribution in [-0.4, -0.2) is 13.2 Å². The Kier molecular flexibility index (Phi) is 6.75. The molecule has 0 aliphatic carbocycles. The number of ether oxygens (including phenoxy) is 2. The molecule has 0 saturated carbocycles. The van der Waals surface area contributed by atoms with Crippen LogP contribution in [0.1, 0.15) is 25.0 Å². The molecule has 0 amide bonds. The Hall–Kier alpha value is -1.23. The van der Waals surface area contributed by atoms with Crippen LogP contribution in [0.2, 0.25) is 5.02 Å². The van der Waals surface area contributed by atoms with E-state index in [0.717, 1.165) is 32.1 Å². The lowest BCUT2D eigenvalue weighted by molar-refractivity contribution is 0.227. The molecular formula is C18H21BrClNO2. The molecule has 0 aromatic heterocycles. The summed E-state index contributed by atoms with van der Waals surface area (Å²) in [6.07, 6.45) is 0.0763. The first-order valence-electron chi connectivity index (χ1n) is 7.48. The molecule has 23 heavy (non-hydrogen) atoms. The molecule has 0 fully saturated rings. The lowest BCUT2D eigenvalue weighted by atomic mass is 10.1. The third-order valence-electron chi connectivity index (χ3n) is 3.26. The Morgan fingerprint density at radius 1 is 1.13 bits per heavy atom. The molecule has 0 heterocycles. The summed E-state index contributed by atoms with van der Waals surface area (Å²) >= 11 is 9.71. The molecule has 0 saturated heterocycles. The zero-order chi connectivity index (χ0) is 16.8. The maximum absolute atomic E-state index is 6.19. The molecule has 0 bridgehead atoms. The standard InChI is InChI=1S/C18H21BrClNO2/c1-12(2)23-18-14(8-15(19)9-17(18)22-3)11-21-10-13-6-4-5-7-16(13)20/h4-9,12,21H,10-11H2,1-3H3. The first-order valence-corrected chi connectivity index (χ1v) is 8.65. The van der Waals surface area contributed by atoms with Crippen LogP contribution in [0, 0.1) is 0 Å². The number of hydrogen-bond donors (Lipinski definition) is 1. The summed E-state index contributed by atoms with van der Waals surface area (Å²) in [5.41, 5.74) is 2.11. The van der Waals surface area contributed by atoms with E-state index in [0.29, 0.717) is 13.1 Å². The second-order valence-electron chi connectivity index (χ2n) is 5.46. The summed E-state index contributed by atoms with van der Waals surface area (Å²) in [6, 6.07) is 11.8. The van der Waals surface area contributed by atoms with Crippen molar-refractivity contribution in [3.63, 3.8) is 0 Å². The van der Waals surface area contributed by atoms with Crippen LogP contribution in [0.5, 0.6) is 11.5 Å². The lowest BCUT2D eigenvalue weighted by Crippen LogP contribution is -2.16. The first-order chi connectivity index (χ1) is 11.0. The quantitative estimate of drug-likeness (QED) is 0.696. The van der Waals surface area contributed by atoms with Gasteiger partial charge in [-0.15, -0.1) is 0 Å². The van der Waals surface area contributed by atoms with E-state index in [1.807, 2.05) is 50.2 Å². The molecule has 124 valence electrons. The third-order valence-corrected chi connectivity index (χ3v) is 4.09. The Labute approximate surface area is 151 Å². The number of halogens is 2. The molecule has 0 atom stereocenters. The van der Waals surface area contributed by atoms with Crippen molar-refractivity contribution in [1.29, 1.82) is 0 Å². The lowest BCUT2D eigenvalue weighted by Gasteiger charge is -2.18. The van der Waals surface area contributed by atoms with Gasteiger partial charge in [-0.1, -0.05) is 45.7 Å². The zero-order valence-electron chi connectivity index (χ0n) is 13.5. The number of benzene rings is 2. The summed E-state index contributed by atoms with van der Waals surface area (Å²) in [7, 11) is 1.65. The van der Waals surface area contributed by atoms with E-state index in [-0.39, 0.29) is 6.10 Å². The molecule has 0 aliphatic heterocycles. The second-order valence-corrected chi connectivity index (χ2v) is 6.78. The van der Waals surface area contributed by atoms with Crippen LogP contribution in [-0.2, 0) is 13.1 Å². The van der Waals surface area contributed by atoms with Crippen LogP contribution in [0.3, 0.4) is 0 Å². The molecular weight excluding hydrogens is 378 g/mol. The highest BCUT2D eigenvalue weighted by Crippen LogP contribution is 2.35. The Bertz CT molecular complexity index is 661. The Morgan fingerprint density at radius 2 is 1.83 bits per heavy atom. The predicted octanol–water partition coefficient (Wildman–Crippen LogP) is 5.19. The van der Waals surface area contributed by atoms with Gasteiger partial charge < -0.3 is 14.8 Å². The van der Waals surface area contributed by atoms with Crippen molar-refractivity contribution in [1.82, 2.24) is 5.32 Å². The number of rotatable bonds is 7. The molecule has 2 aromatic rings. The van der Waals surface area contributed by atoms with Gasteiger partial charge in [0.25, 0.3) is 0 Å². The third kappa shape index (κ3) is 5.13.